The number of aromatic hydroxyl groups is 1. The van der Waals surface area contributed by atoms with Crippen molar-refractivity contribution in [3.63, 3.8) is 0 Å². The van der Waals surface area contributed by atoms with Gasteiger partial charge < -0.3 is 19.1 Å². The zero-order valence-corrected chi connectivity index (χ0v) is 11.5. The van der Waals surface area contributed by atoms with Crippen LogP contribution in [0.1, 0.15) is 17.3 Å². The van der Waals surface area contributed by atoms with E-state index >= 15 is 0 Å². The number of methoxy groups -OCH3 is 1. The molecular weight excluding hydrogens is 262 g/mol. The molecule has 0 radical (unpaired) electrons. The van der Waals surface area contributed by atoms with Gasteiger partial charge in [0, 0.05) is 12.4 Å². The predicted octanol–water partition coefficient (Wildman–Crippen LogP) is 1.43. The normalized spacial score (nSPS) is 10.6. The van der Waals surface area contributed by atoms with E-state index < -0.39 is 11.5 Å². The summed E-state index contributed by atoms with van der Waals surface area (Å²) < 4.78 is 11.2. The second kappa shape index (κ2) is 5.24. The molecule has 0 unspecified atom stereocenters. The van der Waals surface area contributed by atoms with Gasteiger partial charge in [0.15, 0.2) is 5.56 Å². The molecule has 0 aliphatic heterocycles. The highest BCUT2D eigenvalue weighted by Gasteiger charge is 2.22. The zero-order chi connectivity index (χ0) is 14.9. The fraction of sp³-hybridized carbons (Fsp3) is 0.286. The fourth-order valence-corrected chi connectivity index (χ4v) is 2.02. The lowest BCUT2D eigenvalue weighted by Crippen LogP contribution is -2.26. The fourth-order valence-electron chi connectivity index (χ4n) is 2.02. The van der Waals surface area contributed by atoms with Crippen LogP contribution in [0.25, 0.3) is 10.9 Å². The minimum atomic E-state index is -0.838. The molecule has 0 amide bonds. The second-order valence-corrected chi connectivity index (χ2v) is 4.19. The Bertz CT molecular complexity index is 732. The molecule has 1 N–H and O–H groups in total. The lowest BCUT2D eigenvalue weighted by molar-refractivity contribution is 0.0520. The van der Waals surface area contributed by atoms with E-state index in [1.54, 1.807) is 25.1 Å². The Hall–Kier alpha value is -2.50. The first-order chi connectivity index (χ1) is 9.51. The van der Waals surface area contributed by atoms with E-state index in [9.17, 15) is 14.7 Å². The maximum Gasteiger partial charge on any atom is 0.347 e. The molecule has 20 heavy (non-hydrogen) atoms. The molecule has 0 bridgehead atoms. The van der Waals surface area contributed by atoms with E-state index in [2.05, 4.69) is 0 Å². The van der Waals surface area contributed by atoms with Crippen molar-refractivity contribution in [1.82, 2.24) is 4.57 Å². The summed E-state index contributed by atoms with van der Waals surface area (Å²) in [6, 6.07) is 4.88. The summed E-state index contributed by atoms with van der Waals surface area (Å²) in [6.45, 7) is 1.75. The smallest absolute Gasteiger partial charge is 0.347 e. The Morgan fingerprint density at radius 1 is 1.40 bits per heavy atom. The zero-order valence-electron chi connectivity index (χ0n) is 11.5. The lowest BCUT2D eigenvalue weighted by Gasteiger charge is -2.12. The third kappa shape index (κ3) is 2.09. The number of aromatic nitrogens is 1. The van der Waals surface area contributed by atoms with Crippen molar-refractivity contribution in [3.8, 4) is 11.5 Å². The van der Waals surface area contributed by atoms with E-state index in [4.69, 9.17) is 9.47 Å². The average Bonchev–Trinajstić information content (AvgIpc) is 2.45. The topological polar surface area (TPSA) is 77.8 Å². The van der Waals surface area contributed by atoms with Crippen molar-refractivity contribution in [1.29, 1.82) is 0 Å². The number of pyridine rings is 1. The van der Waals surface area contributed by atoms with Crippen molar-refractivity contribution >= 4 is 16.9 Å². The molecule has 0 fully saturated rings. The third-order valence-electron chi connectivity index (χ3n) is 3.06. The maximum absolute atomic E-state index is 12.1. The summed E-state index contributed by atoms with van der Waals surface area (Å²) in [6.07, 6.45) is 0. The maximum atomic E-state index is 12.1. The van der Waals surface area contributed by atoms with Gasteiger partial charge in [-0.3, -0.25) is 4.79 Å². The van der Waals surface area contributed by atoms with Crippen LogP contribution in [0.15, 0.2) is 23.0 Å². The van der Waals surface area contributed by atoms with Gasteiger partial charge in [-0.05, 0) is 25.1 Å². The minimum absolute atomic E-state index is 0.123. The number of ether oxygens (including phenoxy) is 2. The highest BCUT2D eigenvalue weighted by atomic mass is 16.5. The first kappa shape index (κ1) is 13.9. The molecule has 0 saturated carbocycles. The average molecular weight is 277 g/mol. The van der Waals surface area contributed by atoms with Gasteiger partial charge in [-0.2, -0.15) is 0 Å². The second-order valence-electron chi connectivity index (χ2n) is 4.19. The summed E-state index contributed by atoms with van der Waals surface area (Å²) in [5, 5.41) is 10.6. The number of carbonyl (C=O) groups is 1. The van der Waals surface area contributed by atoms with Crippen LogP contribution < -0.4 is 10.3 Å². The van der Waals surface area contributed by atoms with Gasteiger partial charge in [0.2, 0.25) is 0 Å². The monoisotopic (exact) mass is 277 g/mol. The van der Waals surface area contributed by atoms with Gasteiger partial charge in [-0.25, -0.2) is 4.79 Å². The molecule has 0 aliphatic rings. The van der Waals surface area contributed by atoms with Gasteiger partial charge in [0.25, 0.3) is 5.56 Å². The molecule has 106 valence electrons. The number of nitrogens with zero attached hydrogens (tertiary/aromatic N) is 1. The molecule has 6 heteroatoms. The van der Waals surface area contributed by atoms with Crippen molar-refractivity contribution < 1.29 is 19.4 Å². The van der Waals surface area contributed by atoms with E-state index in [1.807, 2.05) is 0 Å². The molecule has 1 aromatic heterocycles. The van der Waals surface area contributed by atoms with Gasteiger partial charge in [0.05, 0.1) is 19.2 Å². The molecule has 1 aromatic carbocycles. The predicted molar refractivity (Wildman–Crippen MR) is 73.4 cm³/mol. The first-order valence-corrected chi connectivity index (χ1v) is 6.08. The Morgan fingerprint density at radius 2 is 2.10 bits per heavy atom. The highest BCUT2D eigenvalue weighted by Crippen LogP contribution is 2.29. The molecule has 0 aliphatic carbocycles. The van der Waals surface area contributed by atoms with Crippen LogP contribution in [0.3, 0.4) is 0 Å². The number of benzene rings is 1. The van der Waals surface area contributed by atoms with Crippen molar-refractivity contribution in [2.24, 2.45) is 7.05 Å². The summed E-state index contributed by atoms with van der Waals surface area (Å²) in [4.78, 5) is 24.0. The Balaban J connectivity index is 2.83. The largest absolute Gasteiger partial charge is 0.506 e. The summed E-state index contributed by atoms with van der Waals surface area (Å²) >= 11 is 0. The van der Waals surface area contributed by atoms with Crippen LogP contribution >= 0.6 is 0 Å². The minimum Gasteiger partial charge on any atom is -0.506 e. The summed E-state index contributed by atoms with van der Waals surface area (Å²) in [7, 11) is 3.02. The molecule has 2 rings (SSSR count). The quantitative estimate of drug-likeness (QED) is 0.859. The van der Waals surface area contributed by atoms with Gasteiger partial charge in [0.1, 0.15) is 11.5 Å². The number of hydrogen-bond donors (Lipinski definition) is 1. The van der Waals surface area contributed by atoms with Crippen molar-refractivity contribution in [2.75, 3.05) is 13.7 Å². The molecule has 6 nitrogen and oxygen atoms in total. The SMILES string of the molecule is CCOC(=O)c1c(O)c2cc(OC)ccc2n(C)c1=O. The van der Waals surface area contributed by atoms with Gasteiger partial charge in [-0.1, -0.05) is 0 Å². The molecule has 0 atom stereocenters. The van der Waals surface area contributed by atoms with Crippen LogP contribution in [-0.4, -0.2) is 29.4 Å². The number of hydrogen-bond acceptors (Lipinski definition) is 5. The van der Waals surface area contributed by atoms with Crippen LogP contribution in [0, 0.1) is 0 Å². The Kier molecular flexibility index (Phi) is 3.65. The number of esters is 1. The third-order valence-corrected chi connectivity index (χ3v) is 3.06. The highest BCUT2D eigenvalue weighted by molar-refractivity contribution is 5.99. The standard InChI is InChI=1S/C14H15NO5/c1-4-20-14(18)11-12(16)9-7-8(19-3)5-6-10(9)15(2)13(11)17/h5-7,16H,4H2,1-3H3. The Labute approximate surface area is 115 Å². The number of fused-ring (bicyclic) bond motifs is 1. The van der Waals surface area contributed by atoms with Crippen LogP contribution in [0.5, 0.6) is 11.5 Å². The number of carbonyl (C=O) groups excluding carboxylic acids is 1. The lowest BCUT2D eigenvalue weighted by atomic mass is 10.1. The molecule has 2 aromatic rings. The molecule has 0 spiro atoms. The molecule has 1 heterocycles. The van der Waals surface area contributed by atoms with Crippen LogP contribution in [0.4, 0.5) is 0 Å². The number of aryl methyl sites for hydroxylation is 1. The Morgan fingerprint density at radius 3 is 2.70 bits per heavy atom. The summed E-state index contributed by atoms with van der Waals surface area (Å²) in [5.74, 6) is -0.711. The van der Waals surface area contributed by atoms with E-state index in [0.717, 1.165) is 0 Å². The van der Waals surface area contributed by atoms with Crippen LogP contribution in [-0.2, 0) is 11.8 Å². The molecule has 0 saturated heterocycles. The number of rotatable bonds is 3. The molecular formula is C14H15NO5. The van der Waals surface area contributed by atoms with E-state index in [-0.39, 0.29) is 17.9 Å². The van der Waals surface area contributed by atoms with Gasteiger partial charge >= 0.3 is 5.97 Å². The first-order valence-electron chi connectivity index (χ1n) is 6.08. The van der Waals surface area contributed by atoms with Gasteiger partial charge in [-0.15, -0.1) is 0 Å². The van der Waals surface area contributed by atoms with Crippen molar-refractivity contribution in [3.05, 3.63) is 34.1 Å². The van der Waals surface area contributed by atoms with E-state index in [0.29, 0.717) is 16.7 Å². The van der Waals surface area contributed by atoms with E-state index in [1.165, 1.54) is 18.7 Å². The summed E-state index contributed by atoms with van der Waals surface area (Å²) in [5.41, 5.74) is -0.463. The van der Waals surface area contributed by atoms with Crippen LogP contribution in [0.2, 0.25) is 0 Å². The van der Waals surface area contributed by atoms with Crippen molar-refractivity contribution in [2.45, 2.75) is 6.92 Å².